The summed E-state index contributed by atoms with van der Waals surface area (Å²) in [4.78, 5) is 15.4. The summed E-state index contributed by atoms with van der Waals surface area (Å²) < 4.78 is 0. The number of aryl methyl sites for hydroxylation is 1. The average Bonchev–Trinajstić information content (AvgIpc) is 2.79. The number of carbonyl (C=O) groups is 1. The number of rotatable bonds is 2. The second kappa shape index (κ2) is 6.29. The Morgan fingerprint density at radius 1 is 1.25 bits per heavy atom. The normalized spacial score (nSPS) is 15.8. The summed E-state index contributed by atoms with van der Waals surface area (Å²) in [5, 5.41) is 7.45. The van der Waals surface area contributed by atoms with Crippen molar-refractivity contribution in [3.05, 3.63) is 30.0 Å². The molecular weight excluding hydrogens is 274 g/mol. The summed E-state index contributed by atoms with van der Waals surface area (Å²) >= 11 is 0. The van der Waals surface area contributed by atoms with Gasteiger partial charge in [0.1, 0.15) is 0 Å². The fourth-order valence-electron chi connectivity index (χ4n) is 2.68. The molecule has 2 aromatic rings. The highest BCUT2D eigenvalue weighted by molar-refractivity contribution is 5.95. The van der Waals surface area contributed by atoms with Crippen LogP contribution in [0.5, 0.6) is 0 Å². The van der Waals surface area contributed by atoms with E-state index in [1.807, 2.05) is 25.1 Å². The van der Waals surface area contributed by atoms with Crippen LogP contribution in [0, 0.1) is 12.8 Å². The first-order valence-corrected chi connectivity index (χ1v) is 6.83. The quantitative estimate of drug-likeness (QED) is 0.797. The van der Waals surface area contributed by atoms with Crippen LogP contribution in [0.4, 0.5) is 5.69 Å². The third-order valence-electron chi connectivity index (χ3n) is 3.73. The number of benzene rings is 1. The van der Waals surface area contributed by atoms with Gasteiger partial charge in [-0.1, -0.05) is 0 Å². The number of aromatic amines is 1. The van der Waals surface area contributed by atoms with Gasteiger partial charge < -0.3 is 15.6 Å². The van der Waals surface area contributed by atoms with E-state index in [4.69, 9.17) is 0 Å². The Morgan fingerprint density at radius 2 is 2.00 bits per heavy atom. The molecule has 1 aromatic carbocycles. The molecule has 1 saturated heterocycles. The predicted octanol–water partition coefficient (Wildman–Crippen LogP) is 2.84. The van der Waals surface area contributed by atoms with Crippen LogP contribution >= 0.6 is 12.4 Å². The van der Waals surface area contributed by atoms with E-state index in [0.29, 0.717) is 0 Å². The van der Waals surface area contributed by atoms with Crippen LogP contribution in [0.1, 0.15) is 18.5 Å². The van der Waals surface area contributed by atoms with Gasteiger partial charge in [0, 0.05) is 28.2 Å². The zero-order chi connectivity index (χ0) is 13.2. The zero-order valence-electron chi connectivity index (χ0n) is 11.5. The molecule has 2 heterocycles. The molecule has 3 N–H and O–H groups in total. The van der Waals surface area contributed by atoms with Crippen molar-refractivity contribution in [2.24, 2.45) is 5.92 Å². The lowest BCUT2D eigenvalue weighted by molar-refractivity contribution is -0.120. The lowest BCUT2D eigenvalue weighted by Gasteiger charge is -2.21. The lowest BCUT2D eigenvalue weighted by atomic mass is 9.97. The molecule has 20 heavy (non-hydrogen) atoms. The molecule has 0 saturated carbocycles. The van der Waals surface area contributed by atoms with E-state index in [-0.39, 0.29) is 24.2 Å². The van der Waals surface area contributed by atoms with Gasteiger partial charge in [-0.3, -0.25) is 4.79 Å². The second-order valence-electron chi connectivity index (χ2n) is 5.27. The molecule has 108 valence electrons. The Hall–Kier alpha value is -1.52. The Morgan fingerprint density at radius 3 is 2.75 bits per heavy atom. The van der Waals surface area contributed by atoms with E-state index in [2.05, 4.69) is 21.7 Å². The number of anilines is 1. The number of fused-ring (bicyclic) bond motifs is 1. The summed E-state index contributed by atoms with van der Waals surface area (Å²) in [5.41, 5.74) is 3.13. The third kappa shape index (κ3) is 3.14. The molecule has 1 amide bonds. The van der Waals surface area contributed by atoms with Crippen molar-refractivity contribution < 1.29 is 4.79 Å². The van der Waals surface area contributed by atoms with E-state index >= 15 is 0 Å². The minimum absolute atomic E-state index is 0. The van der Waals surface area contributed by atoms with E-state index in [1.54, 1.807) is 0 Å². The molecule has 4 nitrogen and oxygen atoms in total. The summed E-state index contributed by atoms with van der Waals surface area (Å²) in [6.07, 6.45) is 1.86. The third-order valence-corrected chi connectivity index (χ3v) is 3.73. The minimum atomic E-state index is 0. The van der Waals surface area contributed by atoms with Crippen LogP contribution in [-0.4, -0.2) is 24.0 Å². The molecule has 0 unspecified atom stereocenters. The summed E-state index contributed by atoms with van der Waals surface area (Å²) in [6, 6.07) is 8.09. The Labute approximate surface area is 124 Å². The molecule has 1 aliphatic rings. The first-order chi connectivity index (χ1) is 9.22. The number of amides is 1. The first kappa shape index (κ1) is 14.9. The standard InChI is InChI=1S/C15H19N3O.ClH/c1-10-8-12-9-13(2-3-14(12)17-10)18-15(19)11-4-6-16-7-5-11;/h2-3,8-9,11,16-17H,4-7H2,1H3,(H,18,19);1H. The highest BCUT2D eigenvalue weighted by atomic mass is 35.5. The van der Waals surface area contributed by atoms with Gasteiger partial charge in [0.2, 0.25) is 5.91 Å². The molecular formula is C15H20ClN3O. The Balaban J connectivity index is 0.00000147. The van der Waals surface area contributed by atoms with Crippen LogP contribution in [-0.2, 0) is 4.79 Å². The van der Waals surface area contributed by atoms with Crippen LogP contribution < -0.4 is 10.6 Å². The number of nitrogens with one attached hydrogen (secondary N) is 3. The van der Waals surface area contributed by atoms with Gasteiger partial charge in [0.05, 0.1) is 0 Å². The van der Waals surface area contributed by atoms with Crippen molar-refractivity contribution in [1.82, 2.24) is 10.3 Å². The van der Waals surface area contributed by atoms with Gasteiger partial charge in [-0.05, 0) is 57.1 Å². The fraction of sp³-hybridized carbons (Fsp3) is 0.400. The predicted molar refractivity (Wildman–Crippen MR) is 84.5 cm³/mol. The zero-order valence-corrected chi connectivity index (χ0v) is 12.3. The first-order valence-electron chi connectivity index (χ1n) is 6.83. The summed E-state index contributed by atoms with van der Waals surface area (Å²) in [5.74, 6) is 0.290. The van der Waals surface area contributed by atoms with Crippen LogP contribution in [0.25, 0.3) is 10.9 Å². The SMILES string of the molecule is Cc1cc2cc(NC(=O)C3CCNCC3)ccc2[nH]1.Cl. The van der Waals surface area contributed by atoms with Gasteiger partial charge in [-0.15, -0.1) is 12.4 Å². The van der Waals surface area contributed by atoms with Gasteiger partial charge in [0.25, 0.3) is 0 Å². The molecule has 0 aliphatic carbocycles. The minimum Gasteiger partial charge on any atom is -0.359 e. The molecule has 3 rings (SSSR count). The Kier molecular flexibility index (Phi) is 4.68. The van der Waals surface area contributed by atoms with Crippen molar-refractivity contribution in [2.45, 2.75) is 19.8 Å². The van der Waals surface area contributed by atoms with Crippen molar-refractivity contribution >= 4 is 34.9 Å². The second-order valence-corrected chi connectivity index (χ2v) is 5.27. The average molecular weight is 294 g/mol. The largest absolute Gasteiger partial charge is 0.359 e. The molecule has 5 heteroatoms. The van der Waals surface area contributed by atoms with E-state index in [1.165, 1.54) is 0 Å². The summed E-state index contributed by atoms with van der Waals surface area (Å²) in [7, 11) is 0. The fourth-order valence-corrected chi connectivity index (χ4v) is 2.68. The van der Waals surface area contributed by atoms with Gasteiger partial charge in [-0.25, -0.2) is 0 Å². The number of hydrogen-bond acceptors (Lipinski definition) is 2. The maximum atomic E-state index is 12.2. The van der Waals surface area contributed by atoms with Crippen LogP contribution in [0.15, 0.2) is 24.3 Å². The smallest absolute Gasteiger partial charge is 0.227 e. The lowest BCUT2D eigenvalue weighted by Crippen LogP contribution is -2.34. The monoisotopic (exact) mass is 293 g/mol. The van der Waals surface area contributed by atoms with Gasteiger partial charge >= 0.3 is 0 Å². The molecule has 0 radical (unpaired) electrons. The highest BCUT2D eigenvalue weighted by Crippen LogP contribution is 2.21. The van der Waals surface area contributed by atoms with E-state index < -0.39 is 0 Å². The topological polar surface area (TPSA) is 56.9 Å². The van der Waals surface area contributed by atoms with E-state index in [9.17, 15) is 4.79 Å². The molecule has 0 atom stereocenters. The molecule has 1 aromatic heterocycles. The number of piperidine rings is 1. The number of aromatic nitrogens is 1. The number of carbonyl (C=O) groups excluding carboxylic acids is 1. The molecule has 0 spiro atoms. The van der Waals surface area contributed by atoms with Gasteiger partial charge in [0.15, 0.2) is 0 Å². The van der Waals surface area contributed by atoms with Crippen molar-refractivity contribution in [3.8, 4) is 0 Å². The maximum Gasteiger partial charge on any atom is 0.227 e. The van der Waals surface area contributed by atoms with Crippen molar-refractivity contribution in [3.63, 3.8) is 0 Å². The van der Waals surface area contributed by atoms with Crippen LogP contribution in [0.3, 0.4) is 0 Å². The van der Waals surface area contributed by atoms with Crippen molar-refractivity contribution in [1.29, 1.82) is 0 Å². The number of hydrogen-bond donors (Lipinski definition) is 3. The van der Waals surface area contributed by atoms with Crippen molar-refractivity contribution in [2.75, 3.05) is 18.4 Å². The molecule has 0 bridgehead atoms. The van der Waals surface area contributed by atoms with E-state index in [0.717, 1.165) is 48.2 Å². The van der Waals surface area contributed by atoms with Gasteiger partial charge in [-0.2, -0.15) is 0 Å². The number of H-pyrrole nitrogens is 1. The highest BCUT2D eigenvalue weighted by Gasteiger charge is 2.20. The van der Waals surface area contributed by atoms with Crippen LogP contribution in [0.2, 0.25) is 0 Å². The molecule has 1 fully saturated rings. The molecule has 1 aliphatic heterocycles. The Bertz CT molecular complexity index is 602. The maximum absolute atomic E-state index is 12.2. The summed E-state index contributed by atoms with van der Waals surface area (Å²) in [6.45, 7) is 3.91. The number of halogens is 1.